The number of nitrogens with one attached hydrogen (secondary N) is 1. The van der Waals surface area contributed by atoms with Crippen molar-refractivity contribution in [2.75, 3.05) is 12.3 Å². The Morgan fingerprint density at radius 1 is 1.35 bits per heavy atom. The van der Waals surface area contributed by atoms with Gasteiger partial charge < -0.3 is 10.8 Å². The molecule has 4 N–H and O–H groups in total. The Kier molecular flexibility index (Phi) is 5.12. The van der Waals surface area contributed by atoms with Gasteiger partial charge in [-0.15, -0.1) is 0 Å². The minimum Gasteiger partial charge on any atom is -0.398 e. The van der Waals surface area contributed by atoms with Crippen molar-refractivity contribution >= 4 is 15.7 Å². The number of halogens is 1. The SMILES string of the molecule is CCC(CC)(CO)NS(=O)(=O)c1cc(N)c(C)cc1F. The Labute approximate surface area is 119 Å². The highest BCUT2D eigenvalue weighted by Gasteiger charge is 2.33. The fourth-order valence-corrected chi connectivity index (χ4v) is 3.50. The Bertz CT molecular complexity index is 575. The van der Waals surface area contributed by atoms with Gasteiger partial charge in [0.05, 0.1) is 12.1 Å². The summed E-state index contributed by atoms with van der Waals surface area (Å²) in [6.07, 6.45) is 0.782. The second-order valence-electron chi connectivity index (χ2n) is 4.89. The van der Waals surface area contributed by atoms with Gasteiger partial charge in [0.1, 0.15) is 10.7 Å². The van der Waals surface area contributed by atoms with Crippen LogP contribution in [0.2, 0.25) is 0 Å². The predicted molar refractivity (Wildman–Crippen MR) is 76.3 cm³/mol. The molecule has 1 aromatic rings. The van der Waals surface area contributed by atoms with Crippen molar-refractivity contribution < 1.29 is 17.9 Å². The normalized spacial score (nSPS) is 12.7. The number of rotatable bonds is 6. The number of aryl methyl sites for hydroxylation is 1. The van der Waals surface area contributed by atoms with E-state index < -0.39 is 26.3 Å². The van der Waals surface area contributed by atoms with Crippen molar-refractivity contribution in [2.45, 2.75) is 44.0 Å². The van der Waals surface area contributed by atoms with Gasteiger partial charge in [0.2, 0.25) is 10.0 Å². The second kappa shape index (κ2) is 6.07. The summed E-state index contributed by atoms with van der Waals surface area (Å²) in [4.78, 5) is -0.500. The molecule has 0 aliphatic carbocycles. The number of aliphatic hydroxyl groups is 1. The van der Waals surface area contributed by atoms with Crippen LogP contribution >= 0.6 is 0 Å². The van der Waals surface area contributed by atoms with E-state index in [-0.39, 0.29) is 12.3 Å². The Balaban J connectivity index is 3.28. The van der Waals surface area contributed by atoms with Gasteiger partial charge in [-0.2, -0.15) is 0 Å². The molecule has 0 atom stereocenters. The molecule has 0 spiro atoms. The van der Waals surface area contributed by atoms with Crippen LogP contribution in [0.25, 0.3) is 0 Å². The van der Waals surface area contributed by atoms with Crippen LogP contribution in [-0.2, 0) is 10.0 Å². The van der Waals surface area contributed by atoms with E-state index in [4.69, 9.17) is 5.73 Å². The minimum absolute atomic E-state index is 0.203. The summed E-state index contributed by atoms with van der Waals surface area (Å²) in [5.41, 5.74) is 5.32. The highest BCUT2D eigenvalue weighted by Crippen LogP contribution is 2.24. The first-order valence-electron chi connectivity index (χ1n) is 6.42. The summed E-state index contributed by atoms with van der Waals surface area (Å²) >= 11 is 0. The molecule has 0 saturated heterocycles. The number of anilines is 1. The van der Waals surface area contributed by atoms with Crippen LogP contribution in [0.1, 0.15) is 32.3 Å². The fraction of sp³-hybridized carbons (Fsp3) is 0.538. The van der Waals surface area contributed by atoms with Crippen molar-refractivity contribution in [3.05, 3.63) is 23.5 Å². The van der Waals surface area contributed by atoms with Gasteiger partial charge >= 0.3 is 0 Å². The zero-order chi connectivity index (χ0) is 15.6. The Morgan fingerprint density at radius 3 is 2.35 bits per heavy atom. The van der Waals surface area contributed by atoms with Crippen LogP contribution in [0, 0.1) is 12.7 Å². The first-order valence-corrected chi connectivity index (χ1v) is 7.90. The van der Waals surface area contributed by atoms with Gasteiger partial charge in [-0.3, -0.25) is 0 Å². The van der Waals surface area contributed by atoms with Crippen LogP contribution < -0.4 is 10.5 Å². The molecule has 0 aliphatic heterocycles. The monoisotopic (exact) mass is 304 g/mol. The summed E-state index contributed by atoms with van der Waals surface area (Å²) < 4.78 is 40.8. The van der Waals surface area contributed by atoms with E-state index in [1.807, 2.05) is 0 Å². The average molecular weight is 304 g/mol. The van der Waals surface area contributed by atoms with Crippen molar-refractivity contribution in [2.24, 2.45) is 0 Å². The summed E-state index contributed by atoms with van der Waals surface area (Å²) in [5, 5.41) is 9.41. The molecule has 0 aromatic heterocycles. The first-order chi connectivity index (χ1) is 9.21. The van der Waals surface area contributed by atoms with Gasteiger partial charge in [0.15, 0.2) is 0 Å². The van der Waals surface area contributed by atoms with Crippen molar-refractivity contribution in [3.8, 4) is 0 Å². The van der Waals surface area contributed by atoms with E-state index in [0.717, 1.165) is 12.1 Å². The molecule has 0 aliphatic rings. The van der Waals surface area contributed by atoms with Crippen molar-refractivity contribution in [1.82, 2.24) is 4.72 Å². The zero-order valence-corrected chi connectivity index (χ0v) is 12.7. The molecule has 0 fully saturated rings. The summed E-state index contributed by atoms with van der Waals surface area (Å²) in [6, 6.07) is 2.18. The molecule has 0 unspecified atom stereocenters. The van der Waals surface area contributed by atoms with E-state index in [0.29, 0.717) is 18.4 Å². The van der Waals surface area contributed by atoms with Gasteiger partial charge in [-0.25, -0.2) is 17.5 Å². The van der Waals surface area contributed by atoms with Crippen molar-refractivity contribution in [1.29, 1.82) is 0 Å². The molecule has 1 rings (SSSR count). The van der Waals surface area contributed by atoms with Crippen LogP contribution in [0.4, 0.5) is 10.1 Å². The third-order valence-corrected chi connectivity index (χ3v) is 5.21. The van der Waals surface area contributed by atoms with E-state index in [2.05, 4.69) is 4.72 Å². The molecule has 5 nitrogen and oxygen atoms in total. The molecule has 114 valence electrons. The highest BCUT2D eigenvalue weighted by atomic mass is 32.2. The number of sulfonamides is 1. The summed E-state index contributed by atoms with van der Waals surface area (Å²) in [7, 11) is -4.09. The molecule has 7 heteroatoms. The van der Waals surface area contributed by atoms with Gasteiger partial charge in [0, 0.05) is 5.69 Å². The number of hydrogen-bond acceptors (Lipinski definition) is 4. The topological polar surface area (TPSA) is 92.4 Å². The number of hydrogen-bond donors (Lipinski definition) is 3. The standard InChI is InChI=1S/C13H21FN2O3S/c1-4-13(5-2,8-17)16-20(18,19)12-7-11(15)9(3)6-10(12)14/h6-7,16-17H,4-5,8,15H2,1-3H3. The second-order valence-corrected chi connectivity index (χ2v) is 6.54. The van der Waals surface area contributed by atoms with Crippen LogP contribution in [0.15, 0.2) is 17.0 Å². The highest BCUT2D eigenvalue weighted by molar-refractivity contribution is 7.89. The molecule has 0 saturated carbocycles. The molecular weight excluding hydrogens is 283 g/mol. The lowest BCUT2D eigenvalue weighted by Crippen LogP contribution is -2.50. The third-order valence-electron chi connectivity index (χ3n) is 3.62. The number of nitrogens with two attached hydrogens (primary N) is 1. The minimum atomic E-state index is -4.09. The fourth-order valence-electron chi connectivity index (χ4n) is 1.86. The van der Waals surface area contributed by atoms with E-state index in [9.17, 15) is 17.9 Å². The predicted octanol–water partition coefficient (Wildman–Crippen LogP) is 1.55. The molecule has 0 radical (unpaired) electrons. The number of aliphatic hydroxyl groups excluding tert-OH is 1. The van der Waals surface area contributed by atoms with Gasteiger partial charge in [0.25, 0.3) is 0 Å². The maximum atomic E-state index is 13.9. The summed E-state index contributed by atoms with van der Waals surface area (Å²) in [6.45, 7) is 4.74. The average Bonchev–Trinajstić information content (AvgIpc) is 2.40. The molecule has 20 heavy (non-hydrogen) atoms. The molecule has 0 bridgehead atoms. The quantitative estimate of drug-likeness (QED) is 0.695. The van der Waals surface area contributed by atoms with Crippen LogP contribution in [0.5, 0.6) is 0 Å². The Morgan fingerprint density at radius 2 is 1.90 bits per heavy atom. The van der Waals surface area contributed by atoms with Gasteiger partial charge in [-0.05, 0) is 37.5 Å². The molecule has 0 heterocycles. The van der Waals surface area contributed by atoms with E-state index in [1.165, 1.54) is 0 Å². The van der Waals surface area contributed by atoms with E-state index in [1.54, 1.807) is 20.8 Å². The van der Waals surface area contributed by atoms with Crippen molar-refractivity contribution in [3.63, 3.8) is 0 Å². The summed E-state index contributed by atoms with van der Waals surface area (Å²) in [5.74, 6) is -0.858. The van der Waals surface area contributed by atoms with E-state index >= 15 is 0 Å². The molecule has 1 aromatic carbocycles. The number of benzene rings is 1. The lowest BCUT2D eigenvalue weighted by atomic mass is 9.96. The van der Waals surface area contributed by atoms with Crippen LogP contribution in [-0.4, -0.2) is 25.7 Å². The smallest absolute Gasteiger partial charge is 0.244 e. The third kappa shape index (κ3) is 3.28. The Hall–Kier alpha value is -1.18. The van der Waals surface area contributed by atoms with Crippen LogP contribution in [0.3, 0.4) is 0 Å². The lowest BCUT2D eigenvalue weighted by molar-refractivity contribution is 0.172. The number of nitrogen functional groups attached to an aromatic ring is 1. The first kappa shape index (κ1) is 16.9. The maximum absolute atomic E-state index is 13.9. The lowest BCUT2D eigenvalue weighted by Gasteiger charge is -2.30. The molecule has 0 amide bonds. The largest absolute Gasteiger partial charge is 0.398 e. The maximum Gasteiger partial charge on any atom is 0.244 e. The molecular formula is C13H21FN2O3S. The zero-order valence-electron chi connectivity index (χ0n) is 11.9. The van der Waals surface area contributed by atoms with Gasteiger partial charge in [-0.1, -0.05) is 13.8 Å².